The summed E-state index contributed by atoms with van der Waals surface area (Å²) < 4.78 is 8.60. The molecule has 2 atom stereocenters. The van der Waals surface area contributed by atoms with Gasteiger partial charge in [0.1, 0.15) is 28.5 Å². The fourth-order valence-corrected chi connectivity index (χ4v) is 7.34. The van der Waals surface area contributed by atoms with Crippen LogP contribution in [0.25, 0.3) is 5.65 Å². The Labute approximate surface area is 288 Å². The van der Waals surface area contributed by atoms with Gasteiger partial charge in [0.2, 0.25) is 11.7 Å². The average molecular weight is 690 g/mol. The van der Waals surface area contributed by atoms with Crippen LogP contribution >= 0.6 is 0 Å². The molecule has 1 saturated carbocycles. The molecule has 0 aromatic carbocycles. The average Bonchev–Trinajstić information content (AvgIpc) is 3.87. The van der Waals surface area contributed by atoms with Crippen LogP contribution in [0.15, 0.2) is 41.9 Å². The van der Waals surface area contributed by atoms with Gasteiger partial charge in [-0.3, -0.25) is 24.0 Å². The van der Waals surface area contributed by atoms with E-state index in [1.165, 1.54) is 15.8 Å². The molecule has 1 aliphatic carbocycles. The number of aliphatic hydroxyl groups is 1. The van der Waals surface area contributed by atoms with Gasteiger partial charge >= 0.3 is 0 Å². The third kappa shape index (κ3) is 7.21. The van der Waals surface area contributed by atoms with E-state index in [9.17, 15) is 29.1 Å². The number of carbonyl (C=O) groups excluding carboxylic acids is 5. The number of hydrogen-bond donors (Lipinski definition) is 3. The van der Waals surface area contributed by atoms with E-state index in [0.29, 0.717) is 11.3 Å². The van der Waals surface area contributed by atoms with Crippen molar-refractivity contribution in [3.63, 3.8) is 0 Å². The molecule has 0 radical (unpaired) electrons. The highest BCUT2D eigenvalue weighted by atomic mass is 16.5. The number of amides is 4. The lowest BCUT2D eigenvalue weighted by Crippen LogP contribution is -2.63. The Morgan fingerprint density at radius 1 is 1.12 bits per heavy atom. The molecule has 3 fully saturated rings. The van der Waals surface area contributed by atoms with E-state index in [0.717, 1.165) is 32.1 Å². The van der Waals surface area contributed by atoms with Gasteiger partial charge in [-0.15, -0.1) is 5.10 Å². The first-order chi connectivity index (χ1) is 23.9. The van der Waals surface area contributed by atoms with Crippen molar-refractivity contribution in [3.05, 3.63) is 48.2 Å². The number of nitrogens with zero attached hydrogens (tertiary/aromatic N) is 7. The van der Waals surface area contributed by atoms with Gasteiger partial charge in [-0.25, -0.2) is 14.7 Å². The van der Waals surface area contributed by atoms with Crippen molar-refractivity contribution >= 4 is 40.8 Å². The summed E-state index contributed by atoms with van der Waals surface area (Å²) in [6.45, 7) is 3.37. The number of ether oxygens (including phenoxy) is 1. The predicted molar refractivity (Wildman–Crippen MR) is 178 cm³/mol. The molecule has 50 heavy (non-hydrogen) atoms. The van der Waals surface area contributed by atoms with Gasteiger partial charge in [-0.1, -0.05) is 37.3 Å². The third-order valence-corrected chi connectivity index (χ3v) is 10.1. The second-order valence-electron chi connectivity index (χ2n) is 14.0. The SMILES string of the molecule is CC(C)(O)c1cnnn1[C@H]1C[C@@H](C(=O)NC2(C(=O)C(N)=O)CCOCC2)N(C(=O)C(CC2CCCCC2)=NC(=O)c2ccc3nccn3c2)C1. The van der Waals surface area contributed by atoms with E-state index >= 15 is 0 Å². The smallest absolute Gasteiger partial charge is 0.287 e. The zero-order chi connectivity index (χ0) is 35.6. The Kier molecular flexibility index (Phi) is 9.94. The molecular weight excluding hydrogens is 646 g/mol. The molecule has 5 heterocycles. The normalized spacial score (nSPS) is 21.7. The van der Waals surface area contributed by atoms with Crippen molar-refractivity contribution in [3.8, 4) is 0 Å². The van der Waals surface area contributed by atoms with E-state index in [4.69, 9.17) is 10.5 Å². The number of fused-ring (bicyclic) bond motifs is 1. The van der Waals surface area contributed by atoms with Crippen molar-refractivity contribution in [1.29, 1.82) is 0 Å². The van der Waals surface area contributed by atoms with Crippen LogP contribution in [0.5, 0.6) is 0 Å². The summed E-state index contributed by atoms with van der Waals surface area (Å²) in [4.78, 5) is 77.7. The van der Waals surface area contributed by atoms with Gasteiger partial charge in [0, 0.05) is 57.6 Å². The lowest BCUT2D eigenvalue weighted by Gasteiger charge is -2.37. The number of likely N-dealkylation sites (tertiary alicyclic amines) is 1. The standard InChI is InChI=1S/C34H43N9O7/c1-33(2,49)26-18-37-40-43(26)23-17-25(31(47)39-34(28(44)29(35)45)10-14-50-15-11-34)42(20-23)32(48)24(16-21-6-4-3-5-7-21)38-30(46)22-8-9-27-36-12-13-41(27)19-22/h8-9,12-13,18-19,21,23,25,49H,3-7,10-11,14-17,20H2,1-2H3,(H2,35,45)(H,39,47)/t23-,25-/m0/s1. The zero-order valence-corrected chi connectivity index (χ0v) is 28.3. The maximum Gasteiger partial charge on any atom is 0.287 e. The largest absolute Gasteiger partial charge is 0.384 e. The molecule has 2 saturated heterocycles. The number of imidazole rings is 1. The number of aliphatic imine (C=N–C) groups is 1. The molecule has 3 aromatic heterocycles. The molecule has 4 N–H and O–H groups in total. The lowest BCUT2D eigenvalue weighted by atomic mass is 9.84. The first-order valence-corrected chi connectivity index (χ1v) is 17.1. The number of carbonyl (C=O) groups is 5. The van der Waals surface area contributed by atoms with Gasteiger partial charge in [-0.2, -0.15) is 0 Å². The molecule has 0 bridgehead atoms. The minimum atomic E-state index is -1.60. The van der Waals surface area contributed by atoms with Crippen LogP contribution < -0.4 is 11.1 Å². The van der Waals surface area contributed by atoms with E-state index in [2.05, 4.69) is 25.6 Å². The topological polar surface area (TPSA) is 216 Å². The molecule has 6 rings (SSSR count). The zero-order valence-electron chi connectivity index (χ0n) is 28.3. The van der Waals surface area contributed by atoms with Crippen LogP contribution in [0.4, 0.5) is 0 Å². The molecule has 0 unspecified atom stereocenters. The third-order valence-electron chi connectivity index (χ3n) is 10.1. The number of primary amides is 1. The van der Waals surface area contributed by atoms with Crippen molar-refractivity contribution in [1.82, 2.24) is 34.6 Å². The number of pyridine rings is 1. The molecule has 3 aliphatic rings. The summed E-state index contributed by atoms with van der Waals surface area (Å²) in [5.41, 5.74) is 3.79. The monoisotopic (exact) mass is 689 g/mol. The van der Waals surface area contributed by atoms with Gasteiger partial charge < -0.3 is 30.2 Å². The molecule has 16 heteroatoms. The summed E-state index contributed by atoms with van der Waals surface area (Å²) in [5, 5.41) is 21.8. The Morgan fingerprint density at radius 2 is 1.86 bits per heavy atom. The molecule has 2 aliphatic heterocycles. The highest BCUT2D eigenvalue weighted by Gasteiger charge is 2.49. The number of rotatable bonds is 10. The van der Waals surface area contributed by atoms with Crippen LogP contribution in [0, 0.1) is 5.92 Å². The van der Waals surface area contributed by atoms with E-state index < -0.39 is 52.6 Å². The van der Waals surface area contributed by atoms with E-state index in [1.54, 1.807) is 49.0 Å². The maximum absolute atomic E-state index is 14.7. The molecule has 4 amide bonds. The van der Waals surface area contributed by atoms with Gasteiger partial charge in [0.25, 0.3) is 17.7 Å². The summed E-state index contributed by atoms with van der Waals surface area (Å²) in [5.74, 6) is -3.88. The van der Waals surface area contributed by atoms with Crippen molar-refractivity contribution in [2.75, 3.05) is 19.8 Å². The van der Waals surface area contributed by atoms with Crippen LogP contribution in [-0.2, 0) is 29.5 Å². The predicted octanol–water partition coefficient (Wildman–Crippen LogP) is 1.27. The van der Waals surface area contributed by atoms with E-state index in [1.807, 2.05) is 0 Å². The first kappa shape index (κ1) is 35.0. The molecule has 16 nitrogen and oxygen atoms in total. The number of ketones is 1. The second kappa shape index (κ2) is 14.2. The summed E-state index contributed by atoms with van der Waals surface area (Å²) in [6.07, 6.45) is 11.5. The minimum Gasteiger partial charge on any atom is -0.384 e. The van der Waals surface area contributed by atoms with Crippen LogP contribution in [-0.4, -0.2) is 101 Å². The number of hydrogen-bond acceptors (Lipinski definition) is 10. The molecular formula is C34H43N9O7. The second-order valence-corrected chi connectivity index (χ2v) is 14.0. The van der Waals surface area contributed by atoms with Crippen molar-refractivity contribution in [2.24, 2.45) is 16.6 Å². The summed E-state index contributed by atoms with van der Waals surface area (Å²) in [7, 11) is 0. The number of aromatic nitrogens is 5. The first-order valence-electron chi connectivity index (χ1n) is 17.1. The van der Waals surface area contributed by atoms with E-state index in [-0.39, 0.29) is 62.6 Å². The van der Waals surface area contributed by atoms with Crippen molar-refractivity contribution in [2.45, 2.75) is 94.9 Å². The Morgan fingerprint density at radius 3 is 2.56 bits per heavy atom. The van der Waals surface area contributed by atoms with Crippen LogP contribution in [0.2, 0.25) is 0 Å². The highest BCUT2D eigenvalue weighted by molar-refractivity contribution is 6.41. The Hall–Kier alpha value is -4.83. The minimum absolute atomic E-state index is 0.0257. The number of nitrogens with two attached hydrogens (primary N) is 1. The van der Waals surface area contributed by atoms with Gasteiger partial charge in [0.15, 0.2) is 0 Å². The lowest BCUT2D eigenvalue weighted by molar-refractivity contribution is -0.146. The summed E-state index contributed by atoms with van der Waals surface area (Å²) in [6, 6.07) is 1.53. The fourth-order valence-electron chi connectivity index (χ4n) is 7.34. The fraction of sp³-hybridized carbons (Fsp3) is 0.559. The van der Waals surface area contributed by atoms with Gasteiger partial charge in [0.05, 0.1) is 23.5 Å². The highest BCUT2D eigenvalue weighted by Crippen LogP contribution is 2.34. The van der Waals surface area contributed by atoms with Crippen LogP contribution in [0.1, 0.15) is 93.7 Å². The Balaban J connectivity index is 1.36. The number of nitrogens with one attached hydrogen (secondary N) is 1. The number of Topliss-reactive ketones (excluding diaryl/α,β-unsaturated/α-hetero) is 1. The van der Waals surface area contributed by atoms with Crippen LogP contribution in [0.3, 0.4) is 0 Å². The van der Waals surface area contributed by atoms with Gasteiger partial charge in [-0.05, 0) is 38.3 Å². The maximum atomic E-state index is 14.7. The summed E-state index contributed by atoms with van der Waals surface area (Å²) >= 11 is 0. The molecule has 3 aromatic rings. The Bertz CT molecular complexity index is 1810. The molecule has 0 spiro atoms. The van der Waals surface area contributed by atoms with Crippen molar-refractivity contribution < 1.29 is 33.8 Å². The quantitative estimate of drug-likeness (QED) is 0.205. The molecule has 266 valence electrons.